The van der Waals surface area contributed by atoms with Crippen LogP contribution >= 0.6 is 0 Å². The molecule has 1 aromatic heterocycles. The van der Waals surface area contributed by atoms with E-state index in [-0.39, 0.29) is 24.5 Å². The fourth-order valence-electron chi connectivity index (χ4n) is 3.14. The minimum Gasteiger partial charge on any atom is -0.393 e. The lowest BCUT2D eigenvalue weighted by molar-refractivity contribution is -0.677. The molecule has 1 unspecified atom stereocenters. The predicted molar refractivity (Wildman–Crippen MR) is 82.3 cm³/mol. The molecule has 1 aromatic rings. The van der Waals surface area contributed by atoms with E-state index < -0.39 is 6.04 Å². The number of aromatic nitrogens is 2. The van der Waals surface area contributed by atoms with Crippen LogP contribution < -0.4 is 4.57 Å². The van der Waals surface area contributed by atoms with Gasteiger partial charge >= 0.3 is 12.0 Å². The molecule has 3 rings (SSSR count). The SMILES string of the molecule is Cc1c[n+]2c(n1CCO)N=C1C2C(=O)N(CC(C)C)C(=O)N1C. The Morgan fingerprint density at radius 2 is 2.09 bits per heavy atom. The highest BCUT2D eigenvalue weighted by Crippen LogP contribution is 2.29. The third-order valence-electron chi connectivity index (χ3n) is 4.19. The summed E-state index contributed by atoms with van der Waals surface area (Å²) in [5.74, 6) is 0.990. The summed E-state index contributed by atoms with van der Waals surface area (Å²) in [7, 11) is 1.64. The van der Waals surface area contributed by atoms with E-state index in [1.54, 1.807) is 11.6 Å². The van der Waals surface area contributed by atoms with Crippen LogP contribution in [0, 0.1) is 12.8 Å². The van der Waals surface area contributed by atoms with E-state index in [0.29, 0.717) is 24.9 Å². The third kappa shape index (κ3) is 2.24. The maximum absolute atomic E-state index is 12.9. The van der Waals surface area contributed by atoms with Gasteiger partial charge in [0, 0.05) is 13.6 Å². The molecule has 2 aliphatic heterocycles. The summed E-state index contributed by atoms with van der Waals surface area (Å²) < 4.78 is 3.64. The number of nitrogens with zero attached hydrogens (tertiary/aromatic N) is 5. The molecule has 1 saturated heterocycles. The molecule has 23 heavy (non-hydrogen) atoms. The van der Waals surface area contributed by atoms with Crippen molar-refractivity contribution in [2.75, 3.05) is 20.2 Å². The number of fused-ring (bicyclic) bond motifs is 3. The Bertz CT molecular complexity index is 706. The first-order valence-electron chi connectivity index (χ1n) is 7.76. The summed E-state index contributed by atoms with van der Waals surface area (Å²) >= 11 is 0. The zero-order valence-electron chi connectivity index (χ0n) is 13.9. The molecule has 0 aromatic carbocycles. The Morgan fingerprint density at radius 3 is 2.70 bits per heavy atom. The molecule has 8 heteroatoms. The summed E-state index contributed by atoms with van der Waals surface area (Å²) in [5, 5.41) is 9.22. The van der Waals surface area contributed by atoms with Crippen molar-refractivity contribution >= 4 is 23.7 Å². The standard InChI is InChI=1S/C15H22N5O3/c1-9(2)7-20-13(22)11-12(17(4)15(20)23)16-14-18(5-6-21)10(3)8-19(11)14/h8-9,11,21H,5-7H2,1-4H3/q+1. The first-order chi connectivity index (χ1) is 10.9. The van der Waals surface area contributed by atoms with E-state index >= 15 is 0 Å². The number of amides is 3. The van der Waals surface area contributed by atoms with Gasteiger partial charge in [-0.3, -0.25) is 14.6 Å². The first kappa shape index (κ1) is 15.7. The molecule has 0 aliphatic carbocycles. The molecule has 0 radical (unpaired) electrons. The number of hydrogen-bond donors (Lipinski definition) is 1. The van der Waals surface area contributed by atoms with Crippen LogP contribution in [0.1, 0.15) is 25.6 Å². The van der Waals surface area contributed by atoms with Crippen molar-refractivity contribution in [1.29, 1.82) is 0 Å². The van der Waals surface area contributed by atoms with E-state index in [2.05, 4.69) is 4.99 Å². The minimum atomic E-state index is -0.606. The number of likely N-dealkylation sites (N-methyl/N-ethyl adjacent to an activating group) is 1. The zero-order valence-corrected chi connectivity index (χ0v) is 13.9. The molecular weight excluding hydrogens is 298 g/mol. The van der Waals surface area contributed by atoms with Crippen molar-refractivity contribution < 1.29 is 19.3 Å². The summed E-state index contributed by atoms with van der Waals surface area (Å²) in [5.41, 5.74) is 0.916. The van der Waals surface area contributed by atoms with E-state index in [4.69, 9.17) is 0 Å². The highest BCUT2D eigenvalue weighted by molar-refractivity contribution is 6.19. The maximum Gasteiger partial charge on any atom is 0.402 e. The van der Waals surface area contributed by atoms with Crippen molar-refractivity contribution in [3.05, 3.63) is 11.9 Å². The quantitative estimate of drug-likeness (QED) is 0.805. The molecule has 3 heterocycles. The van der Waals surface area contributed by atoms with Crippen LogP contribution in [0.15, 0.2) is 11.2 Å². The van der Waals surface area contributed by atoms with Crippen molar-refractivity contribution in [2.45, 2.75) is 33.4 Å². The van der Waals surface area contributed by atoms with Crippen LogP contribution in [0.3, 0.4) is 0 Å². The van der Waals surface area contributed by atoms with Crippen LogP contribution in [0.25, 0.3) is 0 Å². The molecule has 8 nitrogen and oxygen atoms in total. The molecular formula is C15H22N5O3+. The smallest absolute Gasteiger partial charge is 0.393 e. The van der Waals surface area contributed by atoms with Crippen molar-refractivity contribution in [2.24, 2.45) is 10.9 Å². The average Bonchev–Trinajstić information content (AvgIpc) is 2.98. The van der Waals surface area contributed by atoms with Gasteiger partial charge in [-0.1, -0.05) is 18.8 Å². The Labute approximate surface area is 134 Å². The third-order valence-corrected chi connectivity index (χ3v) is 4.19. The van der Waals surface area contributed by atoms with Gasteiger partial charge in [-0.2, -0.15) is 0 Å². The lowest BCUT2D eigenvalue weighted by Crippen LogP contribution is -2.63. The number of imidazole rings is 1. The largest absolute Gasteiger partial charge is 0.402 e. The second-order valence-corrected chi connectivity index (χ2v) is 6.41. The number of aliphatic hydroxyl groups excluding tert-OH is 1. The minimum absolute atomic E-state index is 0.0137. The van der Waals surface area contributed by atoms with Gasteiger partial charge in [-0.25, -0.2) is 13.9 Å². The number of aliphatic imine (C=N–C) groups is 1. The molecule has 1 atom stereocenters. The van der Waals surface area contributed by atoms with Gasteiger partial charge in [0.15, 0.2) is 0 Å². The molecule has 1 fully saturated rings. The van der Waals surface area contributed by atoms with Crippen LogP contribution in [0.5, 0.6) is 0 Å². The summed E-state index contributed by atoms with van der Waals surface area (Å²) in [6.45, 7) is 6.63. The summed E-state index contributed by atoms with van der Waals surface area (Å²) in [6, 6.07) is -0.944. The number of carbonyl (C=O) groups is 2. The van der Waals surface area contributed by atoms with Crippen molar-refractivity contribution in [1.82, 2.24) is 14.4 Å². The summed E-state index contributed by atoms with van der Waals surface area (Å²) in [4.78, 5) is 32.6. The average molecular weight is 320 g/mol. The van der Waals surface area contributed by atoms with E-state index in [0.717, 1.165) is 5.69 Å². The topological polar surface area (TPSA) is 82.0 Å². The van der Waals surface area contributed by atoms with Crippen LogP contribution in [0.4, 0.5) is 10.7 Å². The lowest BCUT2D eigenvalue weighted by Gasteiger charge is -2.33. The molecule has 1 N–H and O–H groups in total. The number of urea groups is 1. The number of amidine groups is 1. The second kappa shape index (κ2) is 5.45. The number of aryl methyl sites for hydroxylation is 1. The molecule has 2 aliphatic rings. The van der Waals surface area contributed by atoms with Gasteiger partial charge in [-0.05, 0) is 12.8 Å². The van der Waals surface area contributed by atoms with Gasteiger partial charge in [0.25, 0.3) is 5.91 Å². The second-order valence-electron chi connectivity index (χ2n) is 6.41. The van der Waals surface area contributed by atoms with Crippen LogP contribution in [-0.4, -0.2) is 57.4 Å². The Kier molecular flexibility index (Phi) is 3.71. The van der Waals surface area contributed by atoms with Gasteiger partial charge in [0.2, 0.25) is 11.9 Å². The number of aliphatic hydroxyl groups is 1. The number of carbonyl (C=O) groups excluding carboxylic acids is 2. The lowest BCUT2D eigenvalue weighted by atomic mass is 10.1. The molecule has 3 amide bonds. The highest BCUT2D eigenvalue weighted by Gasteiger charge is 2.53. The van der Waals surface area contributed by atoms with Gasteiger partial charge < -0.3 is 5.11 Å². The Morgan fingerprint density at radius 1 is 1.39 bits per heavy atom. The number of imide groups is 1. The fraction of sp³-hybridized carbons (Fsp3) is 0.600. The normalized spacial score (nSPS) is 20.3. The zero-order chi connectivity index (χ0) is 16.9. The fourth-order valence-corrected chi connectivity index (χ4v) is 3.14. The van der Waals surface area contributed by atoms with E-state index in [1.165, 1.54) is 9.80 Å². The Hall–Kier alpha value is -2.22. The number of hydrogen-bond acceptors (Lipinski definition) is 4. The maximum atomic E-state index is 12.9. The van der Waals surface area contributed by atoms with Gasteiger partial charge in [-0.15, -0.1) is 0 Å². The highest BCUT2D eigenvalue weighted by atomic mass is 16.3. The Balaban J connectivity index is 2.06. The van der Waals surface area contributed by atoms with Crippen LogP contribution in [-0.2, 0) is 11.3 Å². The van der Waals surface area contributed by atoms with Crippen molar-refractivity contribution in [3.63, 3.8) is 0 Å². The molecule has 0 saturated carbocycles. The summed E-state index contributed by atoms with van der Waals surface area (Å²) in [6.07, 6.45) is 1.85. The van der Waals surface area contributed by atoms with Gasteiger partial charge in [0.1, 0.15) is 11.9 Å². The number of rotatable bonds is 4. The van der Waals surface area contributed by atoms with E-state index in [1.807, 2.05) is 31.5 Å². The predicted octanol–water partition coefficient (Wildman–Crippen LogP) is 0.211. The molecule has 0 bridgehead atoms. The van der Waals surface area contributed by atoms with E-state index in [9.17, 15) is 14.7 Å². The van der Waals surface area contributed by atoms with Crippen molar-refractivity contribution in [3.8, 4) is 0 Å². The molecule has 124 valence electrons. The monoisotopic (exact) mass is 320 g/mol. The first-order valence-corrected chi connectivity index (χ1v) is 7.76. The van der Waals surface area contributed by atoms with Gasteiger partial charge in [0.05, 0.1) is 13.2 Å². The van der Waals surface area contributed by atoms with Crippen LogP contribution in [0.2, 0.25) is 0 Å². The molecule has 0 spiro atoms.